The highest BCUT2D eigenvalue weighted by atomic mass is 14.5. The molecule has 0 bridgehead atoms. The Hall–Kier alpha value is -5.98. The Morgan fingerprint density at radius 3 is 1.20 bits per heavy atom. The fourth-order valence-electron chi connectivity index (χ4n) is 12.5. The van der Waals surface area contributed by atoms with Crippen molar-refractivity contribution in [3.05, 3.63) is 208 Å². The van der Waals surface area contributed by atoms with Crippen molar-refractivity contribution in [3.8, 4) is 55.6 Å². The van der Waals surface area contributed by atoms with Crippen molar-refractivity contribution in [1.82, 2.24) is 0 Å². The largest absolute Gasteiger partial charge is 0.0758 e. The van der Waals surface area contributed by atoms with Crippen LogP contribution in [0.4, 0.5) is 0 Å². The second-order valence-corrected chi connectivity index (χ2v) is 20.6. The van der Waals surface area contributed by atoms with Gasteiger partial charge in [0.1, 0.15) is 0 Å². The Kier molecular flexibility index (Phi) is 7.10. The monoisotopic (exact) mass is 772 g/mol. The van der Waals surface area contributed by atoms with Crippen LogP contribution in [0.1, 0.15) is 111 Å². The maximum absolute atomic E-state index is 2.59. The quantitative estimate of drug-likeness (QED) is 0.168. The number of hydrogen-bond acceptors (Lipinski definition) is 0. The Balaban J connectivity index is 0.851. The lowest BCUT2D eigenvalue weighted by molar-refractivity contribution is 0.395. The molecule has 5 aliphatic carbocycles. The van der Waals surface area contributed by atoms with Crippen LogP contribution in [0.3, 0.4) is 0 Å². The first-order chi connectivity index (χ1) is 28.7. The fraction of sp³-hybridized carbons (Fsp3) is 0.233. The Morgan fingerprint density at radius 2 is 0.717 bits per heavy atom. The van der Waals surface area contributed by atoms with E-state index in [4.69, 9.17) is 0 Å². The van der Waals surface area contributed by atoms with Crippen LogP contribution < -0.4 is 0 Å². The zero-order valence-corrected chi connectivity index (χ0v) is 36.2. The van der Waals surface area contributed by atoms with Gasteiger partial charge in [-0.3, -0.25) is 0 Å². The van der Waals surface area contributed by atoms with Gasteiger partial charge in [0.2, 0.25) is 0 Å². The van der Waals surface area contributed by atoms with E-state index in [-0.39, 0.29) is 21.7 Å². The second-order valence-electron chi connectivity index (χ2n) is 20.6. The molecule has 0 spiro atoms. The van der Waals surface area contributed by atoms with E-state index in [1.165, 1.54) is 111 Å². The van der Waals surface area contributed by atoms with Crippen molar-refractivity contribution in [3.63, 3.8) is 0 Å². The molecule has 7 aromatic carbocycles. The Morgan fingerprint density at radius 1 is 0.350 bits per heavy atom. The third kappa shape index (κ3) is 4.68. The first kappa shape index (κ1) is 35.9. The Bertz CT molecular complexity index is 3100. The van der Waals surface area contributed by atoms with Gasteiger partial charge in [-0.2, -0.15) is 0 Å². The van der Waals surface area contributed by atoms with Crippen LogP contribution in [-0.4, -0.2) is 0 Å². The molecule has 0 N–H and O–H groups in total. The maximum atomic E-state index is 2.59. The maximum Gasteiger partial charge on any atom is 0.0159 e. The van der Waals surface area contributed by atoms with Crippen molar-refractivity contribution < 1.29 is 0 Å². The lowest BCUT2D eigenvalue weighted by atomic mass is 9.72. The molecule has 12 rings (SSSR count). The minimum absolute atomic E-state index is 0.00352. The first-order valence-electron chi connectivity index (χ1n) is 22.1. The van der Waals surface area contributed by atoms with Crippen molar-refractivity contribution in [2.24, 2.45) is 5.92 Å². The predicted molar refractivity (Wildman–Crippen MR) is 253 cm³/mol. The molecule has 0 saturated carbocycles. The van der Waals surface area contributed by atoms with Gasteiger partial charge in [-0.25, -0.2) is 0 Å². The average Bonchev–Trinajstić information content (AvgIpc) is 3.83. The predicted octanol–water partition coefficient (Wildman–Crippen LogP) is 15.6. The van der Waals surface area contributed by atoms with Crippen LogP contribution in [0.5, 0.6) is 0 Å². The molecule has 0 saturated heterocycles. The summed E-state index contributed by atoms with van der Waals surface area (Å²) >= 11 is 0. The summed E-state index contributed by atoms with van der Waals surface area (Å²) in [6.45, 7) is 19.3. The highest BCUT2D eigenvalue weighted by Gasteiger charge is 2.46. The first-order valence-corrected chi connectivity index (χ1v) is 22.1. The minimum atomic E-state index is -0.116. The minimum Gasteiger partial charge on any atom is -0.0758 e. The smallest absolute Gasteiger partial charge is 0.0159 e. The molecule has 0 amide bonds. The molecule has 292 valence electrons. The Labute approximate surface area is 356 Å². The van der Waals surface area contributed by atoms with Gasteiger partial charge >= 0.3 is 0 Å². The van der Waals surface area contributed by atoms with E-state index in [0.717, 1.165) is 0 Å². The van der Waals surface area contributed by atoms with Gasteiger partial charge in [-0.1, -0.05) is 189 Å². The molecule has 5 aliphatic rings. The van der Waals surface area contributed by atoms with E-state index in [1.54, 1.807) is 0 Å². The third-order valence-electron chi connectivity index (χ3n) is 16.0. The molecule has 60 heavy (non-hydrogen) atoms. The van der Waals surface area contributed by atoms with Crippen molar-refractivity contribution in [1.29, 1.82) is 0 Å². The van der Waals surface area contributed by atoms with Gasteiger partial charge in [0.05, 0.1) is 0 Å². The van der Waals surface area contributed by atoms with E-state index < -0.39 is 0 Å². The number of allylic oxidation sites excluding steroid dienone is 4. The van der Waals surface area contributed by atoms with Gasteiger partial charge in [0.25, 0.3) is 0 Å². The highest BCUT2D eigenvalue weighted by Crippen LogP contribution is 2.57. The van der Waals surface area contributed by atoms with E-state index >= 15 is 0 Å². The zero-order valence-electron chi connectivity index (χ0n) is 36.2. The third-order valence-corrected chi connectivity index (χ3v) is 16.0. The summed E-state index contributed by atoms with van der Waals surface area (Å²) in [5.74, 6) is 0.786. The molecule has 0 aromatic heterocycles. The summed E-state index contributed by atoms with van der Waals surface area (Å²) < 4.78 is 0. The standard InChI is InChI=1S/C60H52/c1-57(2)49-15-11-9-13-41(49)43-23-17-35(29-51(43)57)37-19-25-45-47-27-21-39(33-55(47)59(5,6)53(45)31-37)40-22-28-48-46-26-20-38(32-54(46)60(7,8)56(48)34-40)36-18-24-44-42-14-10-12-16-50(42)58(3,4)52(44)30-36/h9-34,45,53H,1-8H3. The molecule has 0 fully saturated rings. The zero-order chi connectivity index (χ0) is 41.1. The van der Waals surface area contributed by atoms with Gasteiger partial charge in [-0.05, 0) is 147 Å². The SMILES string of the molecule is CC1(C)c2ccccc2-c2ccc(C3=CC4C(C=C3)c3ccc(-c5ccc6c(c5)C(C)(C)c5cc(-c7ccc8c(c7)C(C)(C)c7ccccc7-8)ccc5-6)cc3C4(C)C)cc21. The van der Waals surface area contributed by atoms with Gasteiger partial charge in [-0.15, -0.1) is 0 Å². The summed E-state index contributed by atoms with van der Waals surface area (Å²) in [6.07, 6.45) is 7.48. The van der Waals surface area contributed by atoms with Crippen molar-refractivity contribution >= 4 is 5.57 Å². The molecule has 0 nitrogen and oxygen atoms in total. The summed E-state index contributed by atoms with van der Waals surface area (Å²) in [5, 5.41) is 0. The van der Waals surface area contributed by atoms with Crippen LogP contribution in [0.15, 0.2) is 158 Å². The molecular weight excluding hydrogens is 721 g/mol. The van der Waals surface area contributed by atoms with Gasteiger partial charge < -0.3 is 0 Å². The lowest BCUT2D eigenvalue weighted by Gasteiger charge is -2.31. The van der Waals surface area contributed by atoms with E-state index in [1.807, 2.05) is 0 Å². The number of rotatable bonds is 3. The molecule has 7 aromatic rings. The lowest BCUT2D eigenvalue weighted by Crippen LogP contribution is -2.25. The van der Waals surface area contributed by atoms with Crippen molar-refractivity contribution in [2.75, 3.05) is 0 Å². The van der Waals surface area contributed by atoms with Crippen LogP contribution in [-0.2, 0) is 21.7 Å². The molecule has 0 heterocycles. The fourth-order valence-corrected chi connectivity index (χ4v) is 12.5. The van der Waals surface area contributed by atoms with Crippen molar-refractivity contribution in [2.45, 2.75) is 83.0 Å². The summed E-state index contributed by atoms with van der Waals surface area (Å²) in [5.41, 5.74) is 27.5. The average molecular weight is 773 g/mol. The van der Waals surface area contributed by atoms with Crippen LogP contribution in [0.2, 0.25) is 0 Å². The molecule has 0 aliphatic heterocycles. The molecule has 0 radical (unpaired) electrons. The van der Waals surface area contributed by atoms with Gasteiger partial charge in [0.15, 0.2) is 0 Å². The summed E-state index contributed by atoms with van der Waals surface area (Å²) in [7, 11) is 0. The normalized spacial score (nSPS) is 20.6. The second kappa shape index (κ2) is 11.9. The summed E-state index contributed by atoms with van der Waals surface area (Å²) in [4.78, 5) is 0. The van der Waals surface area contributed by atoms with E-state index in [9.17, 15) is 0 Å². The number of fused-ring (bicyclic) bond motifs is 12. The van der Waals surface area contributed by atoms with Crippen LogP contribution in [0, 0.1) is 5.92 Å². The number of hydrogen-bond donors (Lipinski definition) is 0. The molecule has 0 heteroatoms. The summed E-state index contributed by atoms with van der Waals surface area (Å²) in [6, 6.07) is 54.0. The molecule has 2 unspecified atom stereocenters. The van der Waals surface area contributed by atoms with Gasteiger partial charge in [0, 0.05) is 22.2 Å². The highest BCUT2D eigenvalue weighted by molar-refractivity contribution is 5.89. The van der Waals surface area contributed by atoms with Crippen LogP contribution in [0.25, 0.3) is 61.2 Å². The van der Waals surface area contributed by atoms with Crippen LogP contribution >= 0.6 is 0 Å². The molecular formula is C60H52. The molecule has 2 atom stereocenters. The number of benzene rings is 7. The van der Waals surface area contributed by atoms with E-state index in [2.05, 4.69) is 213 Å². The topological polar surface area (TPSA) is 0 Å². The van der Waals surface area contributed by atoms with E-state index in [0.29, 0.717) is 11.8 Å².